The standard InChI is InChI=1S/C9H21NOSi/c10-6-2-1-4-8-12-9-5-3-7-11-12/h12H,1-10H2. The van der Waals surface area contributed by atoms with Crippen molar-refractivity contribution >= 4 is 9.04 Å². The maximum absolute atomic E-state index is 5.77. The molecule has 0 spiro atoms. The average Bonchev–Trinajstić information content (AvgIpc) is 2.14. The zero-order chi connectivity index (χ0) is 8.65. The van der Waals surface area contributed by atoms with E-state index in [1.807, 2.05) is 0 Å². The first-order chi connectivity index (χ1) is 5.93. The summed E-state index contributed by atoms with van der Waals surface area (Å²) in [5, 5.41) is 0. The normalized spacial score (nSPS) is 24.2. The summed E-state index contributed by atoms with van der Waals surface area (Å²) in [6.45, 7) is 1.90. The quantitative estimate of drug-likeness (QED) is 0.525. The third-order valence-corrected chi connectivity index (χ3v) is 5.32. The fourth-order valence-electron chi connectivity index (χ4n) is 1.73. The molecule has 1 rings (SSSR count). The van der Waals surface area contributed by atoms with Crippen LogP contribution >= 0.6 is 0 Å². The molecule has 0 aromatic rings. The molecular weight excluding hydrogens is 166 g/mol. The van der Waals surface area contributed by atoms with Crippen LogP contribution in [0.2, 0.25) is 12.1 Å². The van der Waals surface area contributed by atoms with Gasteiger partial charge < -0.3 is 10.2 Å². The second-order valence-electron chi connectivity index (χ2n) is 3.63. The van der Waals surface area contributed by atoms with Gasteiger partial charge in [0, 0.05) is 6.61 Å². The van der Waals surface area contributed by atoms with Crippen LogP contribution < -0.4 is 5.73 Å². The van der Waals surface area contributed by atoms with Gasteiger partial charge in [-0.3, -0.25) is 0 Å². The number of hydrogen-bond donors (Lipinski definition) is 1. The first kappa shape index (κ1) is 10.2. The van der Waals surface area contributed by atoms with Crippen LogP contribution in [-0.2, 0) is 4.43 Å². The van der Waals surface area contributed by atoms with Crippen molar-refractivity contribution in [3.05, 3.63) is 0 Å². The summed E-state index contributed by atoms with van der Waals surface area (Å²) >= 11 is 0. The third kappa shape index (κ3) is 4.23. The zero-order valence-electron chi connectivity index (χ0n) is 7.93. The Morgan fingerprint density at radius 2 is 2.08 bits per heavy atom. The van der Waals surface area contributed by atoms with Crippen LogP contribution in [0.15, 0.2) is 0 Å². The number of unbranched alkanes of at least 4 members (excludes halogenated alkanes) is 2. The van der Waals surface area contributed by atoms with E-state index in [1.54, 1.807) is 0 Å². The molecule has 1 atom stereocenters. The van der Waals surface area contributed by atoms with Crippen LogP contribution in [0, 0.1) is 0 Å². The third-order valence-electron chi connectivity index (χ3n) is 2.50. The molecule has 1 unspecified atom stereocenters. The second kappa shape index (κ2) is 6.63. The second-order valence-corrected chi connectivity index (χ2v) is 6.36. The van der Waals surface area contributed by atoms with Gasteiger partial charge in [0.05, 0.1) is 0 Å². The smallest absolute Gasteiger partial charge is 0.176 e. The lowest BCUT2D eigenvalue weighted by molar-refractivity contribution is 0.285. The predicted molar refractivity (Wildman–Crippen MR) is 54.9 cm³/mol. The summed E-state index contributed by atoms with van der Waals surface area (Å²) in [4.78, 5) is 0. The molecule has 2 N–H and O–H groups in total. The Kier molecular flexibility index (Phi) is 5.65. The van der Waals surface area contributed by atoms with Crippen LogP contribution in [-0.4, -0.2) is 22.2 Å². The van der Waals surface area contributed by atoms with Gasteiger partial charge in [0.25, 0.3) is 0 Å². The molecule has 0 bridgehead atoms. The lowest BCUT2D eigenvalue weighted by Gasteiger charge is -2.20. The number of hydrogen-bond acceptors (Lipinski definition) is 2. The van der Waals surface area contributed by atoms with E-state index in [0.29, 0.717) is 0 Å². The van der Waals surface area contributed by atoms with Crippen molar-refractivity contribution in [1.29, 1.82) is 0 Å². The Labute approximate surface area is 77.2 Å². The molecule has 72 valence electrons. The van der Waals surface area contributed by atoms with Crippen LogP contribution in [0.5, 0.6) is 0 Å². The van der Waals surface area contributed by atoms with E-state index in [2.05, 4.69) is 0 Å². The maximum atomic E-state index is 5.77. The Morgan fingerprint density at radius 3 is 2.75 bits per heavy atom. The molecule has 2 nitrogen and oxygen atoms in total. The Balaban J connectivity index is 1.91. The minimum Gasteiger partial charge on any atom is -0.420 e. The molecule has 1 fully saturated rings. The van der Waals surface area contributed by atoms with E-state index in [1.165, 1.54) is 44.2 Å². The summed E-state index contributed by atoms with van der Waals surface area (Å²) in [5.41, 5.74) is 5.43. The van der Waals surface area contributed by atoms with Gasteiger partial charge in [-0.2, -0.15) is 0 Å². The minimum atomic E-state index is -0.710. The van der Waals surface area contributed by atoms with Crippen molar-refractivity contribution in [2.24, 2.45) is 5.73 Å². The highest BCUT2D eigenvalue weighted by Gasteiger charge is 2.14. The maximum Gasteiger partial charge on any atom is 0.176 e. The highest BCUT2D eigenvalue weighted by atomic mass is 28.3. The van der Waals surface area contributed by atoms with Crippen molar-refractivity contribution < 1.29 is 4.43 Å². The van der Waals surface area contributed by atoms with Crippen LogP contribution in [0.3, 0.4) is 0 Å². The molecule has 1 saturated heterocycles. The molecule has 0 aliphatic carbocycles. The van der Waals surface area contributed by atoms with Gasteiger partial charge in [0.1, 0.15) is 0 Å². The van der Waals surface area contributed by atoms with Crippen molar-refractivity contribution in [3.63, 3.8) is 0 Å². The predicted octanol–water partition coefficient (Wildman–Crippen LogP) is 1.65. The van der Waals surface area contributed by atoms with Crippen molar-refractivity contribution in [2.45, 2.75) is 44.2 Å². The Bertz CT molecular complexity index is 105. The van der Waals surface area contributed by atoms with Crippen molar-refractivity contribution in [2.75, 3.05) is 13.2 Å². The van der Waals surface area contributed by atoms with E-state index >= 15 is 0 Å². The molecule has 1 aliphatic rings. The van der Waals surface area contributed by atoms with E-state index in [9.17, 15) is 0 Å². The SMILES string of the molecule is NCCCCC[SiH]1CCCCO1. The van der Waals surface area contributed by atoms with Gasteiger partial charge in [0.2, 0.25) is 0 Å². The largest absolute Gasteiger partial charge is 0.420 e. The molecule has 0 amide bonds. The van der Waals surface area contributed by atoms with Crippen molar-refractivity contribution in [1.82, 2.24) is 0 Å². The summed E-state index contributed by atoms with van der Waals surface area (Å²) in [7, 11) is -0.710. The molecule has 0 aromatic heterocycles. The van der Waals surface area contributed by atoms with Crippen LogP contribution in [0.4, 0.5) is 0 Å². The van der Waals surface area contributed by atoms with Crippen LogP contribution in [0.25, 0.3) is 0 Å². The van der Waals surface area contributed by atoms with Gasteiger partial charge in [-0.25, -0.2) is 0 Å². The van der Waals surface area contributed by atoms with Gasteiger partial charge in [-0.05, 0) is 31.5 Å². The van der Waals surface area contributed by atoms with Crippen LogP contribution in [0.1, 0.15) is 32.1 Å². The minimum absolute atomic E-state index is 0.710. The van der Waals surface area contributed by atoms with E-state index < -0.39 is 9.04 Å². The van der Waals surface area contributed by atoms with Gasteiger partial charge in [-0.15, -0.1) is 0 Å². The number of rotatable bonds is 5. The first-order valence-corrected chi connectivity index (χ1v) is 7.35. The highest BCUT2D eigenvalue weighted by Crippen LogP contribution is 2.16. The first-order valence-electron chi connectivity index (χ1n) is 5.25. The fourth-order valence-corrected chi connectivity index (χ4v) is 4.34. The molecule has 0 radical (unpaired) electrons. The summed E-state index contributed by atoms with van der Waals surface area (Å²) in [5.74, 6) is 0. The summed E-state index contributed by atoms with van der Waals surface area (Å²) in [6.07, 6.45) is 6.58. The lowest BCUT2D eigenvalue weighted by Crippen LogP contribution is -2.22. The summed E-state index contributed by atoms with van der Waals surface area (Å²) in [6, 6.07) is 2.81. The molecule has 0 aromatic carbocycles. The summed E-state index contributed by atoms with van der Waals surface area (Å²) < 4.78 is 5.77. The Morgan fingerprint density at radius 1 is 1.17 bits per heavy atom. The van der Waals surface area contributed by atoms with Gasteiger partial charge in [0.15, 0.2) is 9.04 Å². The lowest BCUT2D eigenvalue weighted by atomic mass is 10.2. The molecule has 12 heavy (non-hydrogen) atoms. The topological polar surface area (TPSA) is 35.2 Å². The molecular formula is C9H21NOSi. The molecule has 1 aliphatic heterocycles. The monoisotopic (exact) mass is 187 g/mol. The van der Waals surface area contributed by atoms with E-state index in [-0.39, 0.29) is 0 Å². The molecule has 3 heteroatoms. The average molecular weight is 187 g/mol. The zero-order valence-corrected chi connectivity index (χ0v) is 9.08. The Hall–Kier alpha value is 0.137. The number of nitrogens with two attached hydrogens (primary N) is 1. The van der Waals surface area contributed by atoms with E-state index in [4.69, 9.17) is 10.2 Å². The highest BCUT2D eigenvalue weighted by molar-refractivity contribution is 6.51. The molecule has 1 heterocycles. The van der Waals surface area contributed by atoms with Gasteiger partial charge in [-0.1, -0.05) is 19.3 Å². The molecule has 0 saturated carbocycles. The van der Waals surface area contributed by atoms with Gasteiger partial charge >= 0.3 is 0 Å². The fraction of sp³-hybridized carbons (Fsp3) is 1.00. The van der Waals surface area contributed by atoms with Crippen molar-refractivity contribution in [3.8, 4) is 0 Å². The van der Waals surface area contributed by atoms with E-state index in [0.717, 1.165) is 13.2 Å².